The molecule has 0 saturated carbocycles. The first kappa shape index (κ1) is 19.1. The molecular weight excluding hydrogens is 338 g/mol. The van der Waals surface area contributed by atoms with E-state index in [1.807, 2.05) is 0 Å². The van der Waals surface area contributed by atoms with E-state index in [0.29, 0.717) is 24.3 Å². The second kappa shape index (κ2) is 9.30. The summed E-state index contributed by atoms with van der Waals surface area (Å²) < 4.78 is 1.33. The average Bonchev–Trinajstić information content (AvgIpc) is 3.08. The van der Waals surface area contributed by atoms with E-state index in [4.69, 9.17) is 5.11 Å². The first-order valence-corrected chi connectivity index (χ1v) is 8.26. The number of carbonyl (C=O) groups excluding carboxylic acids is 2. The zero-order chi connectivity index (χ0) is 18.9. The number of amides is 2. The lowest BCUT2D eigenvalue weighted by Gasteiger charge is -2.07. The van der Waals surface area contributed by atoms with Gasteiger partial charge in [0.15, 0.2) is 5.69 Å². The number of carboxylic acids is 1. The monoisotopic (exact) mass is 359 g/mol. The van der Waals surface area contributed by atoms with Crippen LogP contribution in [0.3, 0.4) is 0 Å². The molecule has 0 unspecified atom stereocenters. The maximum absolute atomic E-state index is 12.0. The molecule has 3 N–H and O–H groups in total. The molecule has 2 aromatic rings. The number of aromatic nitrogens is 3. The van der Waals surface area contributed by atoms with Gasteiger partial charge in [-0.05, 0) is 31.0 Å². The van der Waals surface area contributed by atoms with Gasteiger partial charge in [0, 0.05) is 25.6 Å². The maximum Gasteiger partial charge on any atom is 0.358 e. The minimum absolute atomic E-state index is 0.0505. The van der Waals surface area contributed by atoms with Gasteiger partial charge in [-0.1, -0.05) is 17.7 Å². The zero-order valence-corrected chi connectivity index (χ0v) is 14.4. The van der Waals surface area contributed by atoms with Crippen molar-refractivity contribution in [3.63, 3.8) is 0 Å². The topological polar surface area (TPSA) is 126 Å². The highest BCUT2D eigenvalue weighted by Gasteiger charge is 2.10. The lowest BCUT2D eigenvalue weighted by molar-refractivity contribution is -0.119. The molecule has 2 rings (SSSR count). The Hall–Kier alpha value is -3.23. The average molecular weight is 359 g/mol. The summed E-state index contributed by atoms with van der Waals surface area (Å²) in [6.07, 6.45) is 4.11. The van der Waals surface area contributed by atoms with Gasteiger partial charge in [-0.25, -0.2) is 9.48 Å². The Bertz CT molecular complexity index is 787. The number of carbonyl (C=O) groups is 3. The van der Waals surface area contributed by atoms with Crippen molar-refractivity contribution in [2.75, 3.05) is 11.9 Å². The number of carboxylic acid groups (broad SMARTS) is 1. The Balaban J connectivity index is 1.83. The van der Waals surface area contributed by atoms with Gasteiger partial charge in [-0.15, -0.1) is 5.10 Å². The molecule has 0 fully saturated rings. The first-order chi connectivity index (χ1) is 12.5. The second-order valence-electron chi connectivity index (χ2n) is 5.75. The van der Waals surface area contributed by atoms with Crippen LogP contribution >= 0.6 is 0 Å². The van der Waals surface area contributed by atoms with Crippen LogP contribution in [0.4, 0.5) is 5.69 Å². The van der Waals surface area contributed by atoms with Gasteiger partial charge in [0.05, 0.1) is 11.9 Å². The molecule has 0 atom stereocenters. The molecule has 2 amide bonds. The van der Waals surface area contributed by atoms with E-state index < -0.39 is 5.97 Å². The maximum atomic E-state index is 12.0. The SMILES string of the molecule is CC(=O)NCCCCCC(=O)Nc1cccc(-n2cc(C(=O)O)nn2)c1. The van der Waals surface area contributed by atoms with Gasteiger partial charge in [-0.3, -0.25) is 9.59 Å². The molecule has 26 heavy (non-hydrogen) atoms. The van der Waals surface area contributed by atoms with E-state index in [0.717, 1.165) is 19.3 Å². The van der Waals surface area contributed by atoms with Crippen LogP contribution in [-0.2, 0) is 9.59 Å². The van der Waals surface area contributed by atoms with Gasteiger partial charge < -0.3 is 15.7 Å². The summed E-state index contributed by atoms with van der Waals surface area (Å²) in [4.78, 5) is 33.6. The van der Waals surface area contributed by atoms with Gasteiger partial charge in [0.2, 0.25) is 11.8 Å². The smallest absolute Gasteiger partial charge is 0.358 e. The van der Waals surface area contributed by atoms with Crippen molar-refractivity contribution in [3.05, 3.63) is 36.2 Å². The lowest BCUT2D eigenvalue weighted by Crippen LogP contribution is -2.20. The summed E-state index contributed by atoms with van der Waals surface area (Å²) in [6, 6.07) is 6.90. The van der Waals surface area contributed by atoms with Crippen molar-refractivity contribution in [2.24, 2.45) is 0 Å². The van der Waals surface area contributed by atoms with E-state index in [9.17, 15) is 14.4 Å². The summed E-state index contributed by atoms with van der Waals surface area (Å²) in [6.45, 7) is 2.10. The fourth-order valence-electron chi connectivity index (χ4n) is 2.29. The molecule has 0 spiro atoms. The molecular formula is C17H21N5O4. The van der Waals surface area contributed by atoms with Crippen molar-refractivity contribution in [1.29, 1.82) is 0 Å². The summed E-state index contributed by atoms with van der Waals surface area (Å²) in [5.74, 6) is -1.31. The summed E-state index contributed by atoms with van der Waals surface area (Å²) in [5, 5.41) is 21.7. The van der Waals surface area contributed by atoms with Crippen LogP contribution in [0.5, 0.6) is 0 Å². The molecule has 1 aromatic carbocycles. The molecule has 138 valence electrons. The number of hydrogen-bond acceptors (Lipinski definition) is 5. The van der Waals surface area contributed by atoms with Crippen LogP contribution in [0.15, 0.2) is 30.5 Å². The molecule has 0 bridgehead atoms. The number of rotatable bonds is 9. The van der Waals surface area contributed by atoms with Crippen molar-refractivity contribution < 1.29 is 19.5 Å². The van der Waals surface area contributed by atoms with Crippen LogP contribution < -0.4 is 10.6 Å². The number of anilines is 1. The Kier molecular flexibility index (Phi) is 6.84. The van der Waals surface area contributed by atoms with Crippen molar-refractivity contribution in [2.45, 2.75) is 32.6 Å². The highest BCUT2D eigenvalue weighted by Crippen LogP contribution is 2.15. The van der Waals surface area contributed by atoms with E-state index in [2.05, 4.69) is 20.9 Å². The minimum Gasteiger partial charge on any atom is -0.476 e. The number of nitrogens with zero attached hydrogens (tertiary/aromatic N) is 3. The van der Waals surface area contributed by atoms with Crippen molar-refractivity contribution >= 4 is 23.5 Å². The van der Waals surface area contributed by atoms with Gasteiger partial charge in [0.25, 0.3) is 0 Å². The Morgan fingerprint density at radius 2 is 2.00 bits per heavy atom. The molecule has 1 heterocycles. The first-order valence-electron chi connectivity index (χ1n) is 8.26. The molecule has 9 nitrogen and oxygen atoms in total. The number of hydrogen-bond donors (Lipinski definition) is 3. The summed E-state index contributed by atoms with van der Waals surface area (Å²) in [5.41, 5.74) is 1.04. The van der Waals surface area contributed by atoms with Crippen LogP contribution in [-0.4, -0.2) is 44.4 Å². The summed E-state index contributed by atoms with van der Waals surface area (Å²) in [7, 11) is 0. The fraction of sp³-hybridized carbons (Fsp3) is 0.353. The molecule has 9 heteroatoms. The third-order valence-electron chi connectivity index (χ3n) is 3.56. The molecule has 1 aromatic heterocycles. The highest BCUT2D eigenvalue weighted by molar-refractivity contribution is 5.91. The van der Waals surface area contributed by atoms with Crippen LogP contribution in [0.1, 0.15) is 43.1 Å². The van der Waals surface area contributed by atoms with E-state index in [1.165, 1.54) is 17.8 Å². The van der Waals surface area contributed by atoms with Crippen LogP contribution in [0.2, 0.25) is 0 Å². The summed E-state index contributed by atoms with van der Waals surface area (Å²) >= 11 is 0. The van der Waals surface area contributed by atoms with E-state index >= 15 is 0 Å². The predicted octanol–water partition coefficient (Wildman–Crippen LogP) is 1.60. The third-order valence-corrected chi connectivity index (χ3v) is 3.56. The Labute approximate surface area is 150 Å². The molecule has 0 aliphatic rings. The Morgan fingerprint density at radius 3 is 2.69 bits per heavy atom. The largest absolute Gasteiger partial charge is 0.476 e. The predicted molar refractivity (Wildman–Crippen MR) is 94.1 cm³/mol. The van der Waals surface area contributed by atoms with Crippen LogP contribution in [0, 0.1) is 0 Å². The standard InChI is InChI=1S/C17H21N5O4/c1-12(23)18-9-4-2-3-8-16(24)19-13-6-5-7-14(10-13)22-11-15(17(25)26)20-21-22/h5-7,10-11H,2-4,8-9H2,1H3,(H,18,23)(H,19,24)(H,25,26). The van der Waals surface area contributed by atoms with E-state index in [-0.39, 0.29) is 17.5 Å². The normalized spacial score (nSPS) is 10.3. The second-order valence-corrected chi connectivity index (χ2v) is 5.75. The molecule has 0 saturated heterocycles. The molecule has 0 aliphatic carbocycles. The van der Waals surface area contributed by atoms with Gasteiger partial charge in [-0.2, -0.15) is 0 Å². The number of nitrogens with one attached hydrogen (secondary N) is 2. The zero-order valence-electron chi connectivity index (χ0n) is 14.4. The number of aromatic carboxylic acids is 1. The lowest BCUT2D eigenvalue weighted by atomic mass is 10.2. The molecule has 0 aliphatic heterocycles. The number of benzene rings is 1. The van der Waals surface area contributed by atoms with Crippen LogP contribution in [0.25, 0.3) is 5.69 Å². The van der Waals surface area contributed by atoms with Crippen molar-refractivity contribution in [3.8, 4) is 5.69 Å². The molecule has 0 radical (unpaired) electrons. The minimum atomic E-state index is -1.15. The van der Waals surface area contributed by atoms with Gasteiger partial charge >= 0.3 is 5.97 Å². The van der Waals surface area contributed by atoms with Crippen molar-refractivity contribution in [1.82, 2.24) is 20.3 Å². The van der Waals surface area contributed by atoms with Gasteiger partial charge in [0.1, 0.15) is 0 Å². The quantitative estimate of drug-likeness (QED) is 0.584. The van der Waals surface area contributed by atoms with E-state index in [1.54, 1.807) is 24.3 Å². The fourth-order valence-corrected chi connectivity index (χ4v) is 2.29. The highest BCUT2D eigenvalue weighted by atomic mass is 16.4. The third kappa shape index (κ3) is 6.00. The number of unbranched alkanes of at least 4 members (excludes halogenated alkanes) is 2. The Morgan fingerprint density at radius 1 is 1.19 bits per heavy atom.